The summed E-state index contributed by atoms with van der Waals surface area (Å²) in [6.07, 6.45) is 1.57. The molecule has 1 rings (SSSR count). The minimum atomic E-state index is -0.631. The van der Waals surface area contributed by atoms with Crippen LogP contribution in [0.1, 0.15) is 13.8 Å². The van der Waals surface area contributed by atoms with Crippen molar-refractivity contribution in [3.8, 4) is 0 Å². The molecule has 3 nitrogen and oxygen atoms in total. The largest absolute Gasteiger partial charge is 0.308 e. The fourth-order valence-corrected chi connectivity index (χ4v) is 1.00. The van der Waals surface area contributed by atoms with Crippen LogP contribution in [0.15, 0.2) is 18.3 Å². The zero-order chi connectivity index (χ0) is 10.8. The summed E-state index contributed by atoms with van der Waals surface area (Å²) in [5.41, 5.74) is 0. The van der Waals surface area contributed by atoms with E-state index in [-0.39, 0.29) is 5.91 Å². The van der Waals surface area contributed by atoms with E-state index in [0.717, 1.165) is 0 Å². The standard InChI is InChI=1S/C9H10BrClN2O/c1-9(2,10)8(14)13-7-6(11)4-3-5-12-7/h3-5H,1-2H3,(H,12,13,14). The maximum Gasteiger partial charge on any atom is 0.241 e. The molecule has 0 spiro atoms. The van der Waals surface area contributed by atoms with Crippen LogP contribution in [0.4, 0.5) is 5.82 Å². The Balaban J connectivity index is 2.80. The molecule has 0 aliphatic rings. The number of nitrogens with one attached hydrogen (secondary N) is 1. The molecule has 0 saturated carbocycles. The first-order valence-electron chi connectivity index (χ1n) is 4.02. The topological polar surface area (TPSA) is 42.0 Å². The quantitative estimate of drug-likeness (QED) is 0.845. The van der Waals surface area contributed by atoms with E-state index >= 15 is 0 Å². The molecule has 0 aromatic carbocycles. The third-order valence-electron chi connectivity index (χ3n) is 1.53. The number of pyridine rings is 1. The van der Waals surface area contributed by atoms with Gasteiger partial charge in [0.1, 0.15) is 0 Å². The summed E-state index contributed by atoms with van der Waals surface area (Å²) in [7, 11) is 0. The van der Waals surface area contributed by atoms with E-state index in [4.69, 9.17) is 11.6 Å². The zero-order valence-corrected chi connectivity index (χ0v) is 10.2. The fraction of sp³-hybridized carbons (Fsp3) is 0.333. The second kappa shape index (κ2) is 4.28. The highest BCUT2D eigenvalue weighted by Crippen LogP contribution is 2.22. The number of halogens is 2. The minimum Gasteiger partial charge on any atom is -0.308 e. The Morgan fingerprint density at radius 2 is 2.29 bits per heavy atom. The molecule has 1 N–H and O–H groups in total. The average molecular weight is 278 g/mol. The Hall–Kier alpha value is -0.610. The molecular formula is C9H10BrClN2O. The van der Waals surface area contributed by atoms with Gasteiger partial charge in [-0.25, -0.2) is 4.98 Å². The van der Waals surface area contributed by atoms with Crippen LogP contribution in [0, 0.1) is 0 Å². The van der Waals surface area contributed by atoms with E-state index < -0.39 is 4.32 Å². The SMILES string of the molecule is CC(C)(Br)C(=O)Nc1ncccc1Cl. The number of hydrogen-bond donors (Lipinski definition) is 1. The van der Waals surface area contributed by atoms with Gasteiger partial charge in [0.05, 0.1) is 9.35 Å². The maximum atomic E-state index is 11.5. The van der Waals surface area contributed by atoms with Gasteiger partial charge in [0.25, 0.3) is 0 Å². The van der Waals surface area contributed by atoms with Gasteiger partial charge < -0.3 is 5.32 Å². The summed E-state index contributed by atoms with van der Waals surface area (Å²) in [6, 6.07) is 3.38. The predicted molar refractivity (Wildman–Crippen MR) is 60.9 cm³/mol. The molecule has 0 atom stereocenters. The summed E-state index contributed by atoms with van der Waals surface area (Å²) in [5, 5.41) is 3.05. The van der Waals surface area contributed by atoms with Crippen molar-refractivity contribution in [3.63, 3.8) is 0 Å². The van der Waals surface area contributed by atoms with Crippen LogP contribution in [0.5, 0.6) is 0 Å². The summed E-state index contributed by atoms with van der Waals surface area (Å²) >= 11 is 9.07. The van der Waals surface area contributed by atoms with Crippen molar-refractivity contribution in [3.05, 3.63) is 23.4 Å². The molecule has 0 aliphatic heterocycles. The van der Waals surface area contributed by atoms with Gasteiger partial charge in [-0.2, -0.15) is 0 Å². The fourth-order valence-electron chi connectivity index (χ4n) is 0.734. The molecule has 1 aromatic heterocycles. The summed E-state index contributed by atoms with van der Waals surface area (Å²) < 4.78 is -0.631. The van der Waals surface area contributed by atoms with E-state index in [9.17, 15) is 4.79 Å². The molecule has 76 valence electrons. The Morgan fingerprint density at radius 1 is 1.64 bits per heavy atom. The molecule has 0 fully saturated rings. The smallest absolute Gasteiger partial charge is 0.241 e. The monoisotopic (exact) mass is 276 g/mol. The first-order chi connectivity index (χ1) is 6.41. The highest BCUT2D eigenvalue weighted by Gasteiger charge is 2.24. The zero-order valence-electron chi connectivity index (χ0n) is 7.84. The van der Waals surface area contributed by atoms with Gasteiger partial charge in [-0.15, -0.1) is 0 Å². The van der Waals surface area contributed by atoms with Gasteiger partial charge in [0, 0.05) is 6.20 Å². The van der Waals surface area contributed by atoms with Crippen LogP contribution in [0.25, 0.3) is 0 Å². The van der Waals surface area contributed by atoms with Gasteiger partial charge in [0.2, 0.25) is 5.91 Å². The van der Waals surface area contributed by atoms with Crippen molar-refractivity contribution in [2.24, 2.45) is 0 Å². The van der Waals surface area contributed by atoms with Gasteiger partial charge in [-0.3, -0.25) is 4.79 Å². The van der Waals surface area contributed by atoms with Crippen molar-refractivity contribution in [1.29, 1.82) is 0 Å². The van der Waals surface area contributed by atoms with Gasteiger partial charge in [-0.1, -0.05) is 27.5 Å². The van der Waals surface area contributed by atoms with Crippen LogP contribution >= 0.6 is 27.5 Å². The number of hydrogen-bond acceptors (Lipinski definition) is 2. The Kier molecular flexibility index (Phi) is 3.50. The number of aromatic nitrogens is 1. The summed E-state index contributed by atoms with van der Waals surface area (Å²) in [5.74, 6) is 0.199. The number of carbonyl (C=O) groups is 1. The number of rotatable bonds is 2. The molecule has 1 aromatic rings. The van der Waals surface area contributed by atoms with E-state index in [1.165, 1.54) is 0 Å². The number of amides is 1. The van der Waals surface area contributed by atoms with E-state index in [0.29, 0.717) is 10.8 Å². The van der Waals surface area contributed by atoms with Crippen molar-refractivity contribution >= 4 is 39.3 Å². The molecule has 0 radical (unpaired) electrons. The second-order valence-electron chi connectivity index (χ2n) is 3.26. The Morgan fingerprint density at radius 3 is 2.79 bits per heavy atom. The molecule has 0 aliphatic carbocycles. The molecule has 14 heavy (non-hydrogen) atoms. The van der Waals surface area contributed by atoms with Crippen LogP contribution in [0.3, 0.4) is 0 Å². The summed E-state index contributed by atoms with van der Waals surface area (Å²) in [4.78, 5) is 15.5. The van der Waals surface area contributed by atoms with Crippen molar-refractivity contribution in [1.82, 2.24) is 4.98 Å². The van der Waals surface area contributed by atoms with Crippen molar-refractivity contribution in [2.45, 2.75) is 18.2 Å². The highest BCUT2D eigenvalue weighted by atomic mass is 79.9. The number of anilines is 1. The third kappa shape index (κ3) is 2.96. The number of alkyl halides is 1. The minimum absolute atomic E-state index is 0.182. The Bertz CT molecular complexity index is 349. The second-order valence-corrected chi connectivity index (χ2v) is 5.65. The van der Waals surface area contributed by atoms with E-state index in [1.807, 2.05) is 0 Å². The third-order valence-corrected chi connectivity index (χ3v) is 2.20. The van der Waals surface area contributed by atoms with Crippen molar-refractivity contribution in [2.75, 3.05) is 5.32 Å². The lowest BCUT2D eigenvalue weighted by molar-refractivity contribution is -0.117. The Labute approximate surface area is 96.0 Å². The first-order valence-corrected chi connectivity index (χ1v) is 5.19. The normalized spacial score (nSPS) is 11.1. The lowest BCUT2D eigenvalue weighted by Crippen LogP contribution is -2.31. The molecular weight excluding hydrogens is 267 g/mol. The van der Waals surface area contributed by atoms with E-state index in [2.05, 4.69) is 26.2 Å². The molecule has 0 saturated heterocycles. The van der Waals surface area contributed by atoms with E-state index in [1.54, 1.807) is 32.2 Å². The molecule has 0 bridgehead atoms. The average Bonchev–Trinajstić information content (AvgIpc) is 2.07. The number of nitrogens with zero attached hydrogens (tertiary/aromatic N) is 1. The van der Waals surface area contributed by atoms with Crippen LogP contribution < -0.4 is 5.32 Å². The predicted octanol–water partition coefficient (Wildman–Crippen LogP) is 2.85. The lowest BCUT2D eigenvalue weighted by Gasteiger charge is -2.15. The first kappa shape index (κ1) is 11.5. The summed E-state index contributed by atoms with van der Waals surface area (Å²) in [6.45, 7) is 3.50. The molecule has 5 heteroatoms. The lowest BCUT2D eigenvalue weighted by atomic mass is 10.2. The molecule has 0 unspecified atom stereocenters. The highest BCUT2D eigenvalue weighted by molar-refractivity contribution is 9.10. The van der Waals surface area contributed by atoms with Crippen molar-refractivity contribution < 1.29 is 4.79 Å². The molecule has 1 heterocycles. The van der Waals surface area contributed by atoms with Gasteiger partial charge >= 0.3 is 0 Å². The van der Waals surface area contributed by atoms with Crippen LogP contribution in [-0.2, 0) is 4.79 Å². The molecule has 1 amide bonds. The maximum absolute atomic E-state index is 11.5. The number of carbonyl (C=O) groups excluding carboxylic acids is 1. The van der Waals surface area contributed by atoms with Gasteiger partial charge in [-0.05, 0) is 26.0 Å². The van der Waals surface area contributed by atoms with Crippen LogP contribution in [0.2, 0.25) is 5.02 Å². The van der Waals surface area contributed by atoms with Crippen LogP contribution in [-0.4, -0.2) is 15.2 Å². The van der Waals surface area contributed by atoms with Gasteiger partial charge in [0.15, 0.2) is 5.82 Å².